The zero-order chi connectivity index (χ0) is 13.2. The number of ether oxygens (including phenoxy) is 1. The minimum atomic E-state index is 0.176. The lowest BCUT2D eigenvalue weighted by atomic mass is 10.2. The summed E-state index contributed by atoms with van der Waals surface area (Å²) in [7, 11) is 0. The second-order valence-corrected chi connectivity index (χ2v) is 3.91. The molecule has 0 saturated heterocycles. The van der Waals surface area contributed by atoms with Crippen LogP contribution in [0.1, 0.15) is 6.42 Å². The molecule has 0 saturated carbocycles. The highest BCUT2D eigenvalue weighted by molar-refractivity contribution is 5.65. The van der Waals surface area contributed by atoms with Gasteiger partial charge in [0.25, 0.3) is 0 Å². The normalized spacial score (nSPS) is 10.5. The second-order valence-electron chi connectivity index (χ2n) is 3.91. The first-order chi connectivity index (χ1) is 8.74. The van der Waals surface area contributed by atoms with Gasteiger partial charge in [0.15, 0.2) is 0 Å². The molecule has 1 aromatic rings. The number of aliphatic hydroxyl groups is 1. The molecular formula is C12H22N4O2. The van der Waals surface area contributed by atoms with Crippen molar-refractivity contribution in [3.8, 4) is 5.75 Å². The molecule has 0 heterocycles. The Kier molecular flexibility index (Phi) is 6.93. The van der Waals surface area contributed by atoms with Gasteiger partial charge in [-0.25, -0.2) is 0 Å². The van der Waals surface area contributed by atoms with Crippen molar-refractivity contribution in [3.05, 3.63) is 18.2 Å². The lowest BCUT2D eigenvalue weighted by molar-refractivity contribution is 0.279. The lowest BCUT2D eigenvalue weighted by Gasteiger charge is -2.09. The fraction of sp³-hybridized carbons (Fsp3) is 0.500. The van der Waals surface area contributed by atoms with Gasteiger partial charge in [-0.1, -0.05) is 0 Å². The van der Waals surface area contributed by atoms with Crippen molar-refractivity contribution in [2.24, 2.45) is 0 Å². The maximum absolute atomic E-state index is 8.56. The first kappa shape index (κ1) is 14.6. The van der Waals surface area contributed by atoms with E-state index in [2.05, 4.69) is 10.6 Å². The van der Waals surface area contributed by atoms with Crippen molar-refractivity contribution < 1.29 is 9.84 Å². The quantitative estimate of drug-likeness (QED) is 0.236. The third-order valence-corrected chi connectivity index (χ3v) is 2.39. The molecular weight excluding hydrogens is 232 g/mol. The molecule has 0 atom stereocenters. The smallest absolute Gasteiger partial charge is 0.139 e. The Bertz CT molecular complexity index is 347. The van der Waals surface area contributed by atoms with E-state index in [4.69, 9.17) is 21.3 Å². The summed E-state index contributed by atoms with van der Waals surface area (Å²) in [5.41, 5.74) is 12.4. The highest BCUT2D eigenvalue weighted by Crippen LogP contribution is 2.20. The minimum Gasteiger partial charge on any atom is -0.478 e. The molecule has 0 radical (unpaired) electrons. The fourth-order valence-corrected chi connectivity index (χ4v) is 1.39. The zero-order valence-corrected chi connectivity index (χ0v) is 10.5. The molecule has 6 nitrogen and oxygen atoms in total. The first-order valence-electron chi connectivity index (χ1n) is 6.04. The van der Waals surface area contributed by atoms with E-state index < -0.39 is 0 Å². The minimum absolute atomic E-state index is 0.176. The Morgan fingerprint density at radius 2 is 1.83 bits per heavy atom. The van der Waals surface area contributed by atoms with Crippen LogP contribution >= 0.6 is 0 Å². The summed E-state index contributed by atoms with van der Waals surface area (Å²) in [6.07, 6.45) is 0.979. The fourth-order valence-electron chi connectivity index (χ4n) is 1.39. The maximum Gasteiger partial charge on any atom is 0.139 e. The van der Waals surface area contributed by atoms with Gasteiger partial charge in [-0.3, -0.25) is 5.32 Å². The number of hydrogen-bond acceptors (Lipinski definition) is 6. The predicted molar refractivity (Wildman–Crippen MR) is 73.3 cm³/mol. The molecule has 102 valence electrons. The molecule has 7 N–H and O–H groups in total. The molecule has 0 unspecified atom stereocenters. The zero-order valence-electron chi connectivity index (χ0n) is 10.5. The molecule has 0 amide bonds. The van der Waals surface area contributed by atoms with Crippen LogP contribution < -0.4 is 26.8 Å². The van der Waals surface area contributed by atoms with Gasteiger partial charge in [-0.2, -0.15) is 0 Å². The molecule has 0 aromatic heterocycles. The van der Waals surface area contributed by atoms with Crippen molar-refractivity contribution in [2.45, 2.75) is 6.42 Å². The summed E-state index contributed by atoms with van der Waals surface area (Å²) in [5, 5.41) is 14.8. The van der Waals surface area contributed by atoms with Crippen LogP contribution in [0, 0.1) is 0 Å². The van der Waals surface area contributed by atoms with E-state index in [1.165, 1.54) is 0 Å². The standard InChI is InChI=1S/C12H22N4O2/c13-11-3-2-10(8-12(11)14)18-9-16-5-1-4-15-6-7-17/h2-3,8,15-17H,1,4-7,9,13-14H2. The van der Waals surface area contributed by atoms with Crippen LogP contribution in [0.5, 0.6) is 5.75 Å². The Hall–Kier alpha value is -1.50. The van der Waals surface area contributed by atoms with Crippen LogP contribution in [0.15, 0.2) is 18.2 Å². The summed E-state index contributed by atoms with van der Waals surface area (Å²) in [4.78, 5) is 0. The predicted octanol–water partition coefficient (Wildman–Crippen LogP) is -0.251. The average Bonchev–Trinajstić information content (AvgIpc) is 2.37. The van der Waals surface area contributed by atoms with Gasteiger partial charge in [-0.05, 0) is 31.6 Å². The Morgan fingerprint density at radius 3 is 2.56 bits per heavy atom. The topological polar surface area (TPSA) is 106 Å². The van der Waals surface area contributed by atoms with Gasteiger partial charge < -0.3 is 26.6 Å². The van der Waals surface area contributed by atoms with E-state index in [1.54, 1.807) is 18.2 Å². The number of rotatable bonds is 9. The Morgan fingerprint density at radius 1 is 1.06 bits per heavy atom. The Labute approximate surface area is 107 Å². The largest absolute Gasteiger partial charge is 0.478 e. The number of nitrogens with two attached hydrogens (primary N) is 2. The molecule has 0 aliphatic carbocycles. The van der Waals surface area contributed by atoms with Crippen LogP contribution in [0.2, 0.25) is 0 Å². The summed E-state index contributed by atoms with van der Waals surface area (Å²) in [5.74, 6) is 0.701. The number of nitrogens with one attached hydrogen (secondary N) is 2. The molecule has 0 aliphatic rings. The van der Waals surface area contributed by atoms with E-state index in [9.17, 15) is 0 Å². The number of anilines is 2. The van der Waals surface area contributed by atoms with Crippen molar-refractivity contribution >= 4 is 11.4 Å². The third-order valence-electron chi connectivity index (χ3n) is 2.39. The van der Waals surface area contributed by atoms with Gasteiger partial charge >= 0.3 is 0 Å². The van der Waals surface area contributed by atoms with E-state index >= 15 is 0 Å². The molecule has 18 heavy (non-hydrogen) atoms. The van der Waals surface area contributed by atoms with Gasteiger partial charge in [-0.15, -0.1) is 0 Å². The first-order valence-corrected chi connectivity index (χ1v) is 6.04. The number of benzene rings is 1. The summed E-state index contributed by atoms with van der Waals surface area (Å²) in [6.45, 7) is 2.98. The molecule has 0 spiro atoms. The summed E-state index contributed by atoms with van der Waals surface area (Å²) in [6, 6.07) is 5.22. The van der Waals surface area contributed by atoms with Gasteiger partial charge in [0, 0.05) is 12.6 Å². The highest BCUT2D eigenvalue weighted by Gasteiger charge is 1.97. The number of nitrogen functional groups attached to an aromatic ring is 2. The van der Waals surface area contributed by atoms with Crippen molar-refractivity contribution in [3.63, 3.8) is 0 Å². The van der Waals surface area contributed by atoms with E-state index in [1.807, 2.05) is 0 Å². The monoisotopic (exact) mass is 254 g/mol. The number of aliphatic hydroxyl groups excluding tert-OH is 1. The summed E-state index contributed by atoms with van der Waals surface area (Å²) < 4.78 is 5.46. The SMILES string of the molecule is Nc1ccc(OCNCCCNCCO)cc1N. The van der Waals surface area contributed by atoms with Crippen molar-refractivity contribution in [1.29, 1.82) is 0 Å². The molecule has 1 aromatic carbocycles. The maximum atomic E-state index is 8.56. The molecule has 0 bridgehead atoms. The summed E-state index contributed by atoms with van der Waals surface area (Å²) >= 11 is 0. The lowest BCUT2D eigenvalue weighted by Crippen LogP contribution is -2.26. The number of hydrogen-bond donors (Lipinski definition) is 5. The average molecular weight is 254 g/mol. The molecule has 6 heteroatoms. The van der Waals surface area contributed by atoms with Crippen LogP contribution in [-0.4, -0.2) is 38.1 Å². The van der Waals surface area contributed by atoms with Crippen LogP contribution in [0.3, 0.4) is 0 Å². The van der Waals surface area contributed by atoms with Crippen LogP contribution in [0.4, 0.5) is 11.4 Å². The van der Waals surface area contributed by atoms with Crippen LogP contribution in [0.25, 0.3) is 0 Å². The highest BCUT2D eigenvalue weighted by atomic mass is 16.5. The molecule has 1 rings (SSSR count). The van der Waals surface area contributed by atoms with Gasteiger partial charge in [0.05, 0.1) is 18.0 Å². The third kappa shape index (κ3) is 5.72. The van der Waals surface area contributed by atoms with Crippen molar-refractivity contribution in [1.82, 2.24) is 10.6 Å². The van der Waals surface area contributed by atoms with E-state index in [0.717, 1.165) is 19.5 Å². The Balaban J connectivity index is 2.05. The van der Waals surface area contributed by atoms with E-state index in [0.29, 0.717) is 30.4 Å². The molecule has 0 fully saturated rings. The van der Waals surface area contributed by atoms with Crippen LogP contribution in [-0.2, 0) is 0 Å². The van der Waals surface area contributed by atoms with E-state index in [-0.39, 0.29) is 6.61 Å². The van der Waals surface area contributed by atoms with Gasteiger partial charge in [0.1, 0.15) is 12.5 Å². The molecule has 0 aliphatic heterocycles. The second kappa shape index (κ2) is 8.57. The van der Waals surface area contributed by atoms with Gasteiger partial charge in [0.2, 0.25) is 0 Å². The van der Waals surface area contributed by atoms with Crippen molar-refractivity contribution in [2.75, 3.05) is 44.4 Å².